The zero-order valence-corrected chi connectivity index (χ0v) is 5.01. The van der Waals surface area contributed by atoms with E-state index in [9.17, 15) is 0 Å². The average molecular weight is 112 g/mol. The first kappa shape index (κ1) is 6.96. The molecule has 0 amide bonds. The van der Waals surface area contributed by atoms with Crippen molar-refractivity contribution in [3.63, 3.8) is 0 Å². The molecular weight excluding hydrogens is 104 g/mol. The first-order valence-corrected chi connectivity index (χ1v) is 2.34. The van der Waals surface area contributed by atoms with Crippen LogP contribution < -0.4 is 0 Å². The van der Waals surface area contributed by atoms with Crippen LogP contribution in [0.15, 0.2) is 4.99 Å². The van der Waals surface area contributed by atoms with Gasteiger partial charge >= 0.3 is 0 Å². The maximum atomic E-state index is 7.98. The van der Waals surface area contributed by atoms with Crippen LogP contribution in [0.3, 0.4) is 0 Å². The lowest BCUT2D eigenvalue weighted by atomic mass is 10.5. The second-order valence-corrected chi connectivity index (χ2v) is 1.16. The molecule has 0 spiro atoms. The largest absolute Gasteiger partial charge is 0.484 e. The summed E-state index contributed by atoms with van der Waals surface area (Å²) in [5.74, 6) is 0.479. The lowest BCUT2D eigenvalue weighted by molar-refractivity contribution is 0.393. The Bertz CT molecular complexity index is 117. The molecule has 0 aromatic heterocycles. The molecule has 0 rings (SSSR count). The van der Waals surface area contributed by atoms with E-state index >= 15 is 0 Å². The fourth-order valence-electron chi connectivity index (χ4n) is 0.325. The van der Waals surface area contributed by atoms with Crippen molar-refractivity contribution in [3.05, 3.63) is 0 Å². The fraction of sp³-hybridized carbons (Fsp3) is 0.600. The minimum absolute atomic E-state index is 0.479. The van der Waals surface area contributed by atoms with E-state index in [4.69, 9.17) is 5.26 Å². The molecule has 0 fully saturated rings. The monoisotopic (exact) mass is 112 g/mol. The van der Waals surface area contributed by atoms with Gasteiger partial charge in [-0.1, -0.05) is 6.92 Å². The highest BCUT2D eigenvalue weighted by Gasteiger charge is 1.88. The molecular formula is C5H8N2O. The van der Waals surface area contributed by atoms with E-state index in [1.54, 1.807) is 6.19 Å². The molecule has 0 aromatic rings. The van der Waals surface area contributed by atoms with E-state index in [1.807, 2.05) is 6.92 Å². The Kier molecular flexibility index (Phi) is 3.59. The molecule has 0 saturated carbocycles. The van der Waals surface area contributed by atoms with Gasteiger partial charge in [0, 0.05) is 6.42 Å². The molecule has 0 aliphatic rings. The fourth-order valence-corrected chi connectivity index (χ4v) is 0.325. The molecule has 0 radical (unpaired) electrons. The van der Waals surface area contributed by atoms with E-state index in [0.29, 0.717) is 12.3 Å². The average Bonchev–Trinajstić information content (AvgIpc) is 1.83. The second kappa shape index (κ2) is 4.13. The van der Waals surface area contributed by atoms with Crippen molar-refractivity contribution in [1.29, 1.82) is 5.26 Å². The summed E-state index contributed by atoms with van der Waals surface area (Å²) in [7, 11) is 1.50. The van der Waals surface area contributed by atoms with Gasteiger partial charge in [-0.3, -0.25) is 0 Å². The van der Waals surface area contributed by atoms with E-state index in [-0.39, 0.29) is 0 Å². The van der Waals surface area contributed by atoms with E-state index in [1.165, 1.54) is 7.11 Å². The highest BCUT2D eigenvalue weighted by atomic mass is 16.5. The summed E-state index contributed by atoms with van der Waals surface area (Å²) < 4.78 is 4.67. The van der Waals surface area contributed by atoms with Crippen molar-refractivity contribution >= 4 is 5.90 Å². The number of rotatable bonds is 1. The van der Waals surface area contributed by atoms with Gasteiger partial charge in [0.1, 0.15) is 0 Å². The number of nitrogens with zero attached hydrogens (tertiary/aromatic N) is 2. The van der Waals surface area contributed by atoms with Crippen LogP contribution in [-0.4, -0.2) is 13.0 Å². The van der Waals surface area contributed by atoms with Crippen LogP contribution in [0.25, 0.3) is 0 Å². The third-order valence-electron chi connectivity index (χ3n) is 0.713. The molecule has 0 N–H and O–H groups in total. The molecule has 0 aliphatic heterocycles. The van der Waals surface area contributed by atoms with Crippen molar-refractivity contribution in [3.8, 4) is 6.19 Å². The summed E-state index contributed by atoms with van der Waals surface area (Å²) in [4.78, 5) is 3.36. The van der Waals surface area contributed by atoms with Crippen LogP contribution in [-0.2, 0) is 4.74 Å². The third-order valence-corrected chi connectivity index (χ3v) is 0.713. The summed E-state index contributed by atoms with van der Waals surface area (Å²) in [6.07, 6.45) is 2.30. The van der Waals surface area contributed by atoms with Crippen LogP contribution in [0.5, 0.6) is 0 Å². The first-order chi connectivity index (χ1) is 3.85. The van der Waals surface area contributed by atoms with Gasteiger partial charge in [-0.15, -0.1) is 4.99 Å². The highest BCUT2D eigenvalue weighted by Crippen LogP contribution is 1.83. The predicted molar refractivity (Wildman–Crippen MR) is 30.3 cm³/mol. The van der Waals surface area contributed by atoms with Gasteiger partial charge in [-0.2, -0.15) is 5.26 Å². The van der Waals surface area contributed by atoms with E-state index < -0.39 is 0 Å². The van der Waals surface area contributed by atoms with Gasteiger partial charge in [0.25, 0.3) is 0 Å². The SMILES string of the molecule is CCC(=NC#N)OC. The van der Waals surface area contributed by atoms with Crippen molar-refractivity contribution < 1.29 is 4.74 Å². The minimum atomic E-state index is 0.479. The molecule has 44 valence electrons. The van der Waals surface area contributed by atoms with Gasteiger partial charge in [0.2, 0.25) is 6.19 Å². The Hall–Kier alpha value is -1.04. The summed E-state index contributed by atoms with van der Waals surface area (Å²) in [5.41, 5.74) is 0. The molecule has 0 atom stereocenters. The molecule has 3 nitrogen and oxygen atoms in total. The normalized spacial score (nSPS) is 10.4. The summed E-state index contributed by atoms with van der Waals surface area (Å²) in [5, 5.41) is 7.98. The molecule has 3 heteroatoms. The summed E-state index contributed by atoms with van der Waals surface area (Å²) >= 11 is 0. The number of ether oxygens (including phenoxy) is 1. The maximum Gasteiger partial charge on any atom is 0.208 e. The molecule has 0 unspecified atom stereocenters. The Morgan fingerprint density at radius 1 is 1.88 bits per heavy atom. The molecule has 0 aromatic carbocycles. The zero-order valence-electron chi connectivity index (χ0n) is 5.01. The number of aliphatic imine (C=N–C) groups is 1. The topological polar surface area (TPSA) is 45.4 Å². The van der Waals surface area contributed by atoms with Crippen LogP contribution in [0.2, 0.25) is 0 Å². The van der Waals surface area contributed by atoms with Gasteiger partial charge in [0.15, 0.2) is 5.90 Å². The molecule has 0 aliphatic carbocycles. The van der Waals surface area contributed by atoms with Gasteiger partial charge in [-0.25, -0.2) is 0 Å². The summed E-state index contributed by atoms with van der Waals surface area (Å²) in [6, 6.07) is 0. The van der Waals surface area contributed by atoms with Crippen LogP contribution in [0.1, 0.15) is 13.3 Å². The van der Waals surface area contributed by atoms with E-state index in [2.05, 4.69) is 9.73 Å². The standard InChI is InChI=1S/C5H8N2O/c1-3-5(8-2)7-4-6/h3H2,1-2H3. The Labute approximate surface area is 48.6 Å². The van der Waals surface area contributed by atoms with Crippen molar-refractivity contribution in [2.75, 3.05) is 7.11 Å². The predicted octanol–water partition coefficient (Wildman–Crippen LogP) is 0.922. The Morgan fingerprint density at radius 3 is 2.62 bits per heavy atom. The van der Waals surface area contributed by atoms with Crippen molar-refractivity contribution in [2.45, 2.75) is 13.3 Å². The quantitative estimate of drug-likeness (QED) is 0.287. The maximum absolute atomic E-state index is 7.98. The molecule has 0 saturated heterocycles. The van der Waals surface area contributed by atoms with Gasteiger partial charge in [-0.05, 0) is 0 Å². The van der Waals surface area contributed by atoms with Crippen LogP contribution >= 0.6 is 0 Å². The lowest BCUT2D eigenvalue weighted by Crippen LogP contribution is -1.96. The zero-order chi connectivity index (χ0) is 6.41. The Morgan fingerprint density at radius 2 is 2.50 bits per heavy atom. The summed E-state index contributed by atoms with van der Waals surface area (Å²) in [6.45, 7) is 1.87. The molecule has 0 heterocycles. The number of nitriles is 1. The van der Waals surface area contributed by atoms with Crippen LogP contribution in [0.4, 0.5) is 0 Å². The third kappa shape index (κ3) is 2.19. The molecule has 8 heavy (non-hydrogen) atoms. The highest BCUT2D eigenvalue weighted by molar-refractivity contribution is 5.76. The van der Waals surface area contributed by atoms with E-state index in [0.717, 1.165) is 0 Å². The smallest absolute Gasteiger partial charge is 0.208 e. The minimum Gasteiger partial charge on any atom is -0.484 e. The number of methoxy groups -OCH3 is 1. The second-order valence-electron chi connectivity index (χ2n) is 1.16. The number of hydrogen-bond donors (Lipinski definition) is 0. The van der Waals surface area contributed by atoms with Crippen molar-refractivity contribution in [1.82, 2.24) is 0 Å². The van der Waals surface area contributed by atoms with Crippen molar-refractivity contribution in [2.24, 2.45) is 4.99 Å². The lowest BCUT2D eigenvalue weighted by Gasteiger charge is -1.94. The van der Waals surface area contributed by atoms with Gasteiger partial charge < -0.3 is 4.74 Å². The number of hydrogen-bond acceptors (Lipinski definition) is 3. The van der Waals surface area contributed by atoms with Gasteiger partial charge in [0.05, 0.1) is 7.11 Å². The van der Waals surface area contributed by atoms with Crippen LogP contribution in [0, 0.1) is 11.5 Å². The Balaban J connectivity index is 3.72. The first-order valence-electron chi connectivity index (χ1n) is 2.34. The molecule has 0 bridgehead atoms.